The zero-order valence-corrected chi connectivity index (χ0v) is 12.0. The van der Waals surface area contributed by atoms with Crippen LogP contribution in [-0.2, 0) is 4.79 Å². The maximum atomic E-state index is 12.1. The maximum Gasteiger partial charge on any atom is 0.317 e. The highest BCUT2D eigenvalue weighted by atomic mass is 16.4. The first-order valence-corrected chi connectivity index (χ1v) is 7.32. The Balaban J connectivity index is 2.41. The van der Waals surface area contributed by atoms with Crippen LogP contribution in [0.1, 0.15) is 52.4 Å². The average molecular weight is 270 g/mol. The molecule has 110 valence electrons. The standard InChI is InChI=1S/C14H26N2O3/c1-3-11(2)12-7-4-5-10-16(12)14(19)15-9-6-8-13(17)18/h11-12H,3-10H2,1-2H3,(H,15,19)(H,17,18). The molecule has 0 aromatic rings. The van der Waals surface area contributed by atoms with E-state index >= 15 is 0 Å². The Hall–Kier alpha value is -1.26. The first kappa shape index (κ1) is 15.8. The van der Waals surface area contributed by atoms with Crippen molar-refractivity contribution in [2.45, 2.75) is 58.4 Å². The number of carbonyl (C=O) groups is 2. The van der Waals surface area contributed by atoms with Crippen molar-refractivity contribution in [1.29, 1.82) is 0 Å². The van der Waals surface area contributed by atoms with E-state index in [1.165, 1.54) is 6.42 Å². The molecule has 19 heavy (non-hydrogen) atoms. The van der Waals surface area contributed by atoms with Crippen LogP contribution in [-0.4, -0.2) is 41.1 Å². The smallest absolute Gasteiger partial charge is 0.317 e. The molecule has 1 heterocycles. The van der Waals surface area contributed by atoms with Gasteiger partial charge < -0.3 is 15.3 Å². The Morgan fingerprint density at radius 2 is 2.16 bits per heavy atom. The Morgan fingerprint density at radius 1 is 1.42 bits per heavy atom. The van der Waals surface area contributed by atoms with E-state index in [-0.39, 0.29) is 12.5 Å². The highest BCUT2D eigenvalue weighted by molar-refractivity contribution is 5.74. The maximum absolute atomic E-state index is 12.1. The van der Waals surface area contributed by atoms with E-state index in [0.717, 1.165) is 25.8 Å². The van der Waals surface area contributed by atoms with E-state index in [1.54, 1.807) is 0 Å². The van der Waals surface area contributed by atoms with Crippen molar-refractivity contribution in [3.05, 3.63) is 0 Å². The minimum Gasteiger partial charge on any atom is -0.481 e. The lowest BCUT2D eigenvalue weighted by molar-refractivity contribution is -0.137. The lowest BCUT2D eigenvalue weighted by Crippen LogP contribution is -2.51. The van der Waals surface area contributed by atoms with Crippen molar-refractivity contribution >= 4 is 12.0 Å². The van der Waals surface area contributed by atoms with Gasteiger partial charge in [0.25, 0.3) is 0 Å². The number of carbonyl (C=O) groups excluding carboxylic acids is 1. The Bertz CT molecular complexity index is 307. The normalized spacial score (nSPS) is 20.9. The van der Waals surface area contributed by atoms with Crippen molar-refractivity contribution in [3.8, 4) is 0 Å². The second-order valence-electron chi connectivity index (χ2n) is 5.37. The molecule has 5 nitrogen and oxygen atoms in total. The van der Waals surface area contributed by atoms with Crippen LogP contribution in [0.3, 0.4) is 0 Å². The van der Waals surface area contributed by atoms with Crippen molar-refractivity contribution in [1.82, 2.24) is 10.2 Å². The summed E-state index contributed by atoms with van der Waals surface area (Å²) in [4.78, 5) is 24.5. The van der Waals surface area contributed by atoms with Crippen molar-refractivity contribution < 1.29 is 14.7 Å². The number of nitrogens with one attached hydrogen (secondary N) is 1. The second kappa shape index (κ2) is 8.02. The zero-order valence-electron chi connectivity index (χ0n) is 12.0. The van der Waals surface area contributed by atoms with E-state index in [0.29, 0.717) is 24.9 Å². The van der Waals surface area contributed by atoms with E-state index in [4.69, 9.17) is 5.11 Å². The molecule has 1 aliphatic heterocycles. The van der Waals surface area contributed by atoms with Gasteiger partial charge in [0.15, 0.2) is 0 Å². The molecule has 0 aromatic carbocycles. The molecule has 2 atom stereocenters. The third kappa shape index (κ3) is 5.09. The number of urea groups is 1. The van der Waals surface area contributed by atoms with Gasteiger partial charge in [-0.25, -0.2) is 4.79 Å². The van der Waals surface area contributed by atoms with Gasteiger partial charge in [0.05, 0.1) is 0 Å². The fraction of sp³-hybridized carbons (Fsp3) is 0.857. The number of nitrogens with zero attached hydrogens (tertiary/aromatic N) is 1. The number of aliphatic carboxylic acids is 1. The molecule has 2 amide bonds. The number of hydrogen-bond donors (Lipinski definition) is 2. The molecule has 1 saturated heterocycles. The third-order valence-corrected chi connectivity index (χ3v) is 3.95. The highest BCUT2D eigenvalue weighted by Gasteiger charge is 2.29. The molecular formula is C14H26N2O3. The van der Waals surface area contributed by atoms with Gasteiger partial charge in [0.2, 0.25) is 0 Å². The highest BCUT2D eigenvalue weighted by Crippen LogP contribution is 2.25. The summed E-state index contributed by atoms with van der Waals surface area (Å²) in [7, 11) is 0. The largest absolute Gasteiger partial charge is 0.481 e. The molecule has 1 fully saturated rings. The van der Waals surface area contributed by atoms with Gasteiger partial charge in [0.1, 0.15) is 0 Å². The van der Waals surface area contributed by atoms with Crippen LogP contribution in [0.2, 0.25) is 0 Å². The van der Waals surface area contributed by atoms with Gasteiger partial charge in [0, 0.05) is 25.6 Å². The number of amides is 2. The lowest BCUT2D eigenvalue weighted by atomic mass is 9.90. The molecule has 0 bridgehead atoms. The molecule has 1 aliphatic rings. The fourth-order valence-corrected chi connectivity index (χ4v) is 2.61. The zero-order chi connectivity index (χ0) is 14.3. The van der Waals surface area contributed by atoms with Crippen molar-refractivity contribution in [3.63, 3.8) is 0 Å². The molecule has 5 heteroatoms. The minimum atomic E-state index is -0.815. The number of hydrogen-bond acceptors (Lipinski definition) is 2. The monoisotopic (exact) mass is 270 g/mol. The average Bonchev–Trinajstić information content (AvgIpc) is 2.42. The molecule has 0 saturated carbocycles. The molecule has 0 radical (unpaired) electrons. The molecule has 2 unspecified atom stereocenters. The Kier molecular flexibility index (Phi) is 6.67. The molecule has 0 aromatic heterocycles. The molecule has 0 spiro atoms. The number of likely N-dealkylation sites (tertiary alicyclic amines) is 1. The van der Waals surface area contributed by atoms with E-state index in [2.05, 4.69) is 19.2 Å². The molecular weight excluding hydrogens is 244 g/mol. The van der Waals surface area contributed by atoms with Crippen LogP contribution in [0.4, 0.5) is 4.79 Å². The number of rotatable bonds is 6. The van der Waals surface area contributed by atoms with Gasteiger partial charge in [-0.05, 0) is 31.6 Å². The topological polar surface area (TPSA) is 69.6 Å². The predicted octanol–water partition coefficient (Wildman–Crippen LogP) is 2.46. The summed E-state index contributed by atoms with van der Waals surface area (Å²) in [5.41, 5.74) is 0. The summed E-state index contributed by atoms with van der Waals surface area (Å²) in [6, 6.07) is 0.300. The van der Waals surface area contributed by atoms with E-state index in [1.807, 2.05) is 4.90 Å². The van der Waals surface area contributed by atoms with Crippen LogP contribution in [0, 0.1) is 5.92 Å². The predicted molar refractivity (Wildman–Crippen MR) is 74.1 cm³/mol. The summed E-state index contributed by atoms with van der Waals surface area (Å²) in [6.45, 7) is 5.61. The van der Waals surface area contributed by atoms with E-state index in [9.17, 15) is 9.59 Å². The summed E-state index contributed by atoms with van der Waals surface area (Å²) >= 11 is 0. The second-order valence-corrected chi connectivity index (χ2v) is 5.37. The Labute approximate surface area is 115 Å². The molecule has 2 N–H and O–H groups in total. The molecule has 1 rings (SSSR count). The summed E-state index contributed by atoms with van der Waals surface area (Å²) in [5, 5.41) is 11.4. The SMILES string of the molecule is CCC(C)C1CCCCN1C(=O)NCCCC(=O)O. The summed E-state index contributed by atoms with van der Waals surface area (Å²) < 4.78 is 0. The van der Waals surface area contributed by atoms with Crippen LogP contribution < -0.4 is 5.32 Å². The number of piperidine rings is 1. The minimum absolute atomic E-state index is 0.0320. The van der Waals surface area contributed by atoms with Gasteiger partial charge >= 0.3 is 12.0 Å². The van der Waals surface area contributed by atoms with Crippen LogP contribution in [0.25, 0.3) is 0 Å². The first-order chi connectivity index (χ1) is 9.06. The third-order valence-electron chi connectivity index (χ3n) is 3.95. The quantitative estimate of drug-likeness (QED) is 0.728. The Morgan fingerprint density at radius 3 is 2.79 bits per heavy atom. The van der Waals surface area contributed by atoms with Gasteiger partial charge in [-0.3, -0.25) is 4.79 Å². The van der Waals surface area contributed by atoms with Gasteiger partial charge in [-0.2, -0.15) is 0 Å². The first-order valence-electron chi connectivity index (χ1n) is 7.32. The number of carboxylic acid groups (broad SMARTS) is 1. The number of carboxylic acids is 1. The van der Waals surface area contributed by atoms with Gasteiger partial charge in [-0.15, -0.1) is 0 Å². The van der Waals surface area contributed by atoms with Gasteiger partial charge in [-0.1, -0.05) is 20.3 Å². The van der Waals surface area contributed by atoms with Crippen molar-refractivity contribution in [2.24, 2.45) is 5.92 Å². The van der Waals surface area contributed by atoms with Crippen LogP contribution >= 0.6 is 0 Å². The van der Waals surface area contributed by atoms with Crippen molar-refractivity contribution in [2.75, 3.05) is 13.1 Å². The molecule has 0 aliphatic carbocycles. The summed E-state index contributed by atoms with van der Waals surface area (Å²) in [5.74, 6) is -0.297. The fourth-order valence-electron chi connectivity index (χ4n) is 2.61. The van der Waals surface area contributed by atoms with Crippen LogP contribution in [0.5, 0.6) is 0 Å². The lowest BCUT2D eigenvalue weighted by Gasteiger charge is -2.39. The van der Waals surface area contributed by atoms with Crippen LogP contribution in [0.15, 0.2) is 0 Å². The summed E-state index contributed by atoms with van der Waals surface area (Å²) in [6.07, 6.45) is 5.01. The van der Waals surface area contributed by atoms with E-state index < -0.39 is 5.97 Å².